The number of carbonyl (C=O) groups is 2. The number of hydrogen-bond donors (Lipinski definition) is 0. The van der Waals surface area contributed by atoms with Crippen LogP contribution in [0.2, 0.25) is 0 Å². The van der Waals surface area contributed by atoms with E-state index in [1.54, 1.807) is 0 Å². The molecule has 0 spiro atoms. The number of esters is 2. The maximum atomic E-state index is 11.9. The van der Waals surface area contributed by atoms with Crippen molar-refractivity contribution in [2.24, 2.45) is 0 Å². The van der Waals surface area contributed by atoms with Crippen molar-refractivity contribution in [3.8, 4) is 0 Å². The SMILES string of the molecule is C=C(CC(=O)OC(CCC)CCCC)C(=O)OC1CCC1. The van der Waals surface area contributed by atoms with E-state index in [2.05, 4.69) is 20.4 Å². The highest BCUT2D eigenvalue weighted by atomic mass is 16.6. The first-order chi connectivity index (χ1) is 10.1. The second kappa shape index (κ2) is 9.59. The van der Waals surface area contributed by atoms with Crippen LogP contribution in [0.1, 0.15) is 71.6 Å². The number of ether oxygens (including phenoxy) is 2. The van der Waals surface area contributed by atoms with Gasteiger partial charge in [0, 0.05) is 5.57 Å². The zero-order chi connectivity index (χ0) is 15.7. The van der Waals surface area contributed by atoms with Crippen molar-refractivity contribution in [1.82, 2.24) is 0 Å². The Hall–Kier alpha value is -1.32. The van der Waals surface area contributed by atoms with Crippen LogP contribution in [0.3, 0.4) is 0 Å². The van der Waals surface area contributed by atoms with Crippen LogP contribution in [0, 0.1) is 0 Å². The third kappa shape index (κ3) is 6.78. The molecule has 1 aliphatic rings. The van der Waals surface area contributed by atoms with Gasteiger partial charge in [-0.15, -0.1) is 0 Å². The van der Waals surface area contributed by atoms with Crippen LogP contribution >= 0.6 is 0 Å². The lowest BCUT2D eigenvalue weighted by atomic mass is 9.96. The standard InChI is InChI=1S/C17H28O4/c1-4-6-9-14(8-5-2)20-16(18)12-13(3)17(19)21-15-10-7-11-15/h14-15H,3-12H2,1-2H3. The average Bonchev–Trinajstić information content (AvgIpc) is 2.39. The molecule has 4 heteroatoms. The molecular weight excluding hydrogens is 268 g/mol. The molecule has 0 amide bonds. The van der Waals surface area contributed by atoms with Crippen molar-refractivity contribution in [3.63, 3.8) is 0 Å². The monoisotopic (exact) mass is 296 g/mol. The summed E-state index contributed by atoms with van der Waals surface area (Å²) in [5.41, 5.74) is 0.192. The molecule has 0 radical (unpaired) electrons. The van der Waals surface area contributed by atoms with Gasteiger partial charge in [0.15, 0.2) is 0 Å². The summed E-state index contributed by atoms with van der Waals surface area (Å²) in [6, 6.07) is 0. The fourth-order valence-corrected chi connectivity index (χ4v) is 2.21. The second-order valence-corrected chi connectivity index (χ2v) is 5.78. The molecule has 0 aromatic rings. The van der Waals surface area contributed by atoms with Crippen LogP contribution < -0.4 is 0 Å². The molecule has 0 aromatic heterocycles. The van der Waals surface area contributed by atoms with Crippen LogP contribution in [-0.2, 0) is 19.1 Å². The van der Waals surface area contributed by atoms with Gasteiger partial charge in [-0.25, -0.2) is 4.79 Å². The van der Waals surface area contributed by atoms with Gasteiger partial charge in [-0.2, -0.15) is 0 Å². The van der Waals surface area contributed by atoms with Gasteiger partial charge in [0.2, 0.25) is 0 Å². The van der Waals surface area contributed by atoms with Crippen LogP contribution in [0.25, 0.3) is 0 Å². The third-order valence-electron chi connectivity index (χ3n) is 3.76. The molecule has 21 heavy (non-hydrogen) atoms. The van der Waals surface area contributed by atoms with Gasteiger partial charge >= 0.3 is 11.9 Å². The zero-order valence-corrected chi connectivity index (χ0v) is 13.4. The Kier molecular flexibility index (Phi) is 8.09. The molecule has 120 valence electrons. The Morgan fingerprint density at radius 1 is 1.19 bits per heavy atom. The summed E-state index contributed by atoms with van der Waals surface area (Å²) >= 11 is 0. The van der Waals surface area contributed by atoms with E-state index in [-0.39, 0.29) is 30.2 Å². The molecule has 0 saturated heterocycles. The van der Waals surface area contributed by atoms with Gasteiger partial charge in [0.25, 0.3) is 0 Å². The molecule has 0 aromatic carbocycles. The molecule has 0 N–H and O–H groups in total. The molecule has 0 bridgehead atoms. The van der Waals surface area contributed by atoms with E-state index < -0.39 is 5.97 Å². The Bertz CT molecular complexity index is 358. The molecule has 1 atom stereocenters. The van der Waals surface area contributed by atoms with Crippen molar-refractivity contribution in [2.45, 2.75) is 83.8 Å². The van der Waals surface area contributed by atoms with Crippen LogP contribution in [-0.4, -0.2) is 24.1 Å². The second-order valence-electron chi connectivity index (χ2n) is 5.78. The van der Waals surface area contributed by atoms with Gasteiger partial charge in [0.05, 0.1) is 6.42 Å². The van der Waals surface area contributed by atoms with Crippen LogP contribution in [0.15, 0.2) is 12.2 Å². The summed E-state index contributed by atoms with van der Waals surface area (Å²) in [5, 5.41) is 0. The Labute approximate surface area is 127 Å². The molecule has 0 heterocycles. The molecule has 1 fully saturated rings. The van der Waals surface area contributed by atoms with Crippen molar-refractivity contribution in [1.29, 1.82) is 0 Å². The van der Waals surface area contributed by atoms with Gasteiger partial charge < -0.3 is 9.47 Å². The summed E-state index contributed by atoms with van der Waals surface area (Å²) in [4.78, 5) is 23.6. The smallest absolute Gasteiger partial charge is 0.334 e. The number of rotatable bonds is 10. The molecule has 1 aliphatic carbocycles. The van der Waals surface area contributed by atoms with Crippen molar-refractivity contribution < 1.29 is 19.1 Å². The van der Waals surface area contributed by atoms with E-state index >= 15 is 0 Å². The maximum absolute atomic E-state index is 11.9. The Balaban J connectivity index is 2.31. The molecule has 1 saturated carbocycles. The number of unbranched alkanes of at least 4 members (excludes halogenated alkanes) is 1. The highest BCUT2D eigenvalue weighted by Crippen LogP contribution is 2.23. The maximum Gasteiger partial charge on any atom is 0.334 e. The molecular formula is C17H28O4. The lowest BCUT2D eigenvalue weighted by molar-refractivity contribution is -0.153. The first kappa shape index (κ1) is 17.7. The van der Waals surface area contributed by atoms with E-state index in [1.807, 2.05) is 0 Å². The number of carbonyl (C=O) groups excluding carboxylic acids is 2. The molecule has 4 nitrogen and oxygen atoms in total. The first-order valence-electron chi connectivity index (χ1n) is 8.15. The van der Waals surface area contributed by atoms with Gasteiger partial charge in [0.1, 0.15) is 12.2 Å². The quantitative estimate of drug-likeness (QED) is 0.453. The topological polar surface area (TPSA) is 52.6 Å². The molecule has 1 unspecified atom stereocenters. The highest BCUT2D eigenvalue weighted by molar-refractivity contribution is 5.93. The van der Waals surface area contributed by atoms with Gasteiger partial charge in [-0.3, -0.25) is 4.79 Å². The molecule has 0 aliphatic heterocycles. The summed E-state index contributed by atoms with van der Waals surface area (Å²) in [6.07, 6.45) is 7.69. The fourth-order valence-electron chi connectivity index (χ4n) is 2.21. The summed E-state index contributed by atoms with van der Waals surface area (Å²) in [6.45, 7) is 7.83. The predicted molar refractivity (Wildman–Crippen MR) is 81.8 cm³/mol. The van der Waals surface area contributed by atoms with Gasteiger partial charge in [-0.1, -0.05) is 39.7 Å². The summed E-state index contributed by atoms with van der Waals surface area (Å²) in [7, 11) is 0. The van der Waals surface area contributed by atoms with E-state index in [4.69, 9.17) is 9.47 Å². The van der Waals surface area contributed by atoms with Crippen molar-refractivity contribution in [3.05, 3.63) is 12.2 Å². The predicted octanol–water partition coefficient (Wildman–Crippen LogP) is 3.93. The fraction of sp³-hybridized carbons (Fsp3) is 0.765. The zero-order valence-electron chi connectivity index (χ0n) is 13.4. The summed E-state index contributed by atoms with van der Waals surface area (Å²) in [5.74, 6) is -0.836. The average molecular weight is 296 g/mol. The molecule has 1 rings (SSSR count). The third-order valence-corrected chi connectivity index (χ3v) is 3.76. The minimum Gasteiger partial charge on any atom is -0.462 e. The van der Waals surface area contributed by atoms with E-state index in [0.29, 0.717) is 0 Å². The normalized spacial score (nSPS) is 15.9. The van der Waals surface area contributed by atoms with Gasteiger partial charge in [-0.05, 0) is 32.1 Å². The summed E-state index contributed by atoms with van der Waals surface area (Å²) < 4.78 is 10.7. The van der Waals surface area contributed by atoms with E-state index in [0.717, 1.165) is 51.4 Å². The Morgan fingerprint density at radius 2 is 1.90 bits per heavy atom. The minimum absolute atomic E-state index is 0.0164. The van der Waals surface area contributed by atoms with Crippen LogP contribution in [0.4, 0.5) is 0 Å². The van der Waals surface area contributed by atoms with E-state index in [1.165, 1.54) is 0 Å². The largest absolute Gasteiger partial charge is 0.462 e. The minimum atomic E-state index is -0.461. The van der Waals surface area contributed by atoms with Crippen molar-refractivity contribution >= 4 is 11.9 Å². The van der Waals surface area contributed by atoms with E-state index in [9.17, 15) is 9.59 Å². The highest BCUT2D eigenvalue weighted by Gasteiger charge is 2.24. The lowest BCUT2D eigenvalue weighted by Crippen LogP contribution is -2.26. The Morgan fingerprint density at radius 3 is 2.43 bits per heavy atom. The lowest BCUT2D eigenvalue weighted by Gasteiger charge is -2.25. The first-order valence-corrected chi connectivity index (χ1v) is 8.15. The van der Waals surface area contributed by atoms with Crippen molar-refractivity contribution in [2.75, 3.05) is 0 Å². The number of hydrogen-bond acceptors (Lipinski definition) is 4. The van der Waals surface area contributed by atoms with Crippen LogP contribution in [0.5, 0.6) is 0 Å².